The third kappa shape index (κ3) is 2.89. The Morgan fingerprint density at radius 1 is 1.25 bits per heavy atom. The molecule has 0 fully saturated rings. The maximum absolute atomic E-state index is 12.4. The predicted octanol–water partition coefficient (Wildman–Crippen LogP) is 0.935. The third-order valence-corrected chi connectivity index (χ3v) is 3.43. The first-order valence-corrected chi connectivity index (χ1v) is 7.03. The van der Waals surface area contributed by atoms with Gasteiger partial charge in [0, 0.05) is 6.07 Å². The highest BCUT2D eigenvalue weighted by Gasteiger charge is 2.12. The van der Waals surface area contributed by atoms with Gasteiger partial charge < -0.3 is 15.2 Å². The standard InChI is InChI=1S/C16H14N4O4/c1-23-10-6-7-12(15(17)21)14(8-10)24-9-20-16(22)11-4-2-3-5-13(11)18-19-20/h2-8H,9H2,1H3,(H2,17,21). The second-order valence-electron chi connectivity index (χ2n) is 4.91. The van der Waals surface area contributed by atoms with Crippen LogP contribution >= 0.6 is 0 Å². The highest BCUT2D eigenvalue weighted by molar-refractivity contribution is 5.95. The van der Waals surface area contributed by atoms with Crippen molar-refractivity contribution < 1.29 is 14.3 Å². The average Bonchev–Trinajstić information content (AvgIpc) is 2.61. The van der Waals surface area contributed by atoms with Crippen LogP contribution in [0.15, 0.2) is 47.3 Å². The maximum Gasteiger partial charge on any atom is 0.280 e. The summed E-state index contributed by atoms with van der Waals surface area (Å²) < 4.78 is 11.7. The summed E-state index contributed by atoms with van der Waals surface area (Å²) in [5.41, 5.74) is 5.66. The van der Waals surface area contributed by atoms with Crippen LogP contribution in [0.5, 0.6) is 11.5 Å². The van der Waals surface area contributed by atoms with E-state index in [2.05, 4.69) is 10.3 Å². The zero-order valence-corrected chi connectivity index (χ0v) is 12.8. The van der Waals surface area contributed by atoms with Gasteiger partial charge >= 0.3 is 0 Å². The van der Waals surface area contributed by atoms with E-state index in [0.717, 1.165) is 4.68 Å². The summed E-state index contributed by atoms with van der Waals surface area (Å²) >= 11 is 0. The number of hydrogen-bond acceptors (Lipinski definition) is 6. The molecule has 24 heavy (non-hydrogen) atoms. The molecule has 0 aliphatic carbocycles. The van der Waals surface area contributed by atoms with Gasteiger partial charge in [-0.15, -0.1) is 5.10 Å². The highest BCUT2D eigenvalue weighted by Crippen LogP contribution is 2.24. The zero-order chi connectivity index (χ0) is 17.1. The van der Waals surface area contributed by atoms with E-state index in [1.807, 2.05) is 0 Å². The maximum atomic E-state index is 12.4. The van der Waals surface area contributed by atoms with E-state index in [1.165, 1.54) is 19.2 Å². The molecule has 0 aliphatic heterocycles. The summed E-state index contributed by atoms with van der Waals surface area (Å²) in [5.74, 6) is 0.0419. The fraction of sp³-hybridized carbons (Fsp3) is 0.125. The Hall–Kier alpha value is -3.42. The highest BCUT2D eigenvalue weighted by atomic mass is 16.5. The van der Waals surface area contributed by atoms with Gasteiger partial charge in [-0.05, 0) is 24.3 Å². The SMILES string of the molecule is COc1ccc(C(N)=O)c(OCn2nnc3ccccc3c2=O)c1. The Morgan fingerprint density at radius 2 is 2.04 bits per heavy atom. The van der Waals surface area contributed by atoms with Crippen LogP contribution in [-0.4, -0.2) is 28.0 Å². The molecule has 1 heterocycles. The monoisotopic (exact) mass is 326 g/mol. The van der Waals surface area contributed by atoms with E-state index in [9.17, 15) is 9.59 Å². The largest absolute Gasteiger partial charge is 0.497 e. The van der Waals surface area contributed by atoms with Gasteiger partial charge in [0.2, 0.25) is 0 Å². The molecule has 8 nitrogen and oxygen atoms in total. The first kappa shape index (κ1) is 15.5. The van der Waals surface area contributed by atoms with Crippen LogP contribution in [-0.2, 0) is 6.73 Å². The number of amides is 1. The molecule has 3 rings (SSSR count). The number of carbonyl (C=O) groups excluding carboxylic acids is 1. The number of rotatable bonds is 5. The normalized spacial score (nSPS) is 10.5. The third-order valence-electron chi connectivity index (χ3n) is 3.43. The molecule has 0 radical (unpaired) electrons. The second kappa shape index (κ2) is 6.37. The first-order chi connectivity index (χ1) is 11.6. The van der Waals surface area contributed by atoms with Gasteiger partial charge in [0.15, 0.2) is 6.73 Å². The van der Waals surface area contributed by atoms with Crippen LogP contribution < -0.4 is 20.8 Å². The second-order valence-corrected chi connectivity index (χ2v) is 4.91. The lowest BCUT2D eigenvalue weighted by Crippen LogP contribution is -2.27. The number of hydrogen-bond donors (Lipinski definition) is 1. The van der Waals surface area contributed by atoms with Gasteiger partial charge in [-0.3, -0.25) is 9.59 Å². The van der Waals surface area contributed by atoms with Crippen molar-refractivity contribution in [3.63, 3.8) is 0 Å². The van der Waals surface area contributed by atoms with Crippen molar-refractivity contribution in [3.05, 3.63) is 58.4 Å². The van der Waals surface area contributed by atoms with E-state index in [1.54, 1.807) is 30.3 Å². The fourth-order valence-electron chi connectivity index (χ4n) is 2.19. The quantitative estimate of drug-likeness (QED) is 0.747. The molecule has 0 atom stereocenters. The Labute approximate surface area is 136 Å². The summed E-state index contributed by atoms with van der Waals surface area (Å²) in [4.78, 5) is 23.8. The molecule has 0 aliphatic rings. The molecule has 2 N–H and O–H groups in total. The van der Waals surface area contributed by atoms with Crippen LogP contribution in [0.3, 0.4) is 0 Å². The zero-order valence-electron chi connectivity index (χ0n) is 12.8. The molecule has 122 valence electrons. The number of benzene rings is 2. The number of carbonyl (C=O) groups is 1. The molecule has 3 aromatic rings. The lowest BCUT2D eigenvalue weighted by Gasteiger charge is -2.11. The van der Waals surface area contributed by atoms with Crippen molar-refractivity contribution in [1.82, 2.24) is 15.0 Å². The summed E-state index contributed by atoms with van der Waals surface area (Å²) in [6, 6.07) is 11.5. The molecule has 0 bridgehead atoms. The van der Waals surface area contributed by atoms with E-state index in [4.69, 9.17) is 15.2 Å². The Balaban J connectivity index is 1.92. The minimum Gasteiger partial charge on any atom is -0.497 e. The molecular formula is C16H14N4O4. The van der Waals surface area contributed by atoms with E-state index < -0.39 is 5.91 Å². The molecule has 2 aromatic carbocycles. The topological polar surface area (TPSA) is 109 Å². The molecule has 0 saturated heterocycles. The van der Waals surface area contributed by atoms with Crippen LogP contribution in [0.4, 0.5) is 0 Å². The van der Waals surface area contributed by atoms with Crippen LogP contribution in [0, 0.1) is 0 Å². The van der Waals surface area contributed by atoms with Gasteiger partial charge in [-0.1, -0.05) is 17.3 Å². The van der Waals surface area contributed by atoms with Gasteiger partial charge in [0.1, 0.15) is 17.0 Å². The number of ether oxygens (including phenoxy) is 2. The molecule has 1 amide bonds. The number of nitrogens with two attached hydrogens (primary N) is 1. The summed E-state index contributed by atoms with van der Waals surface area (Å²) in [6.07, 6.45) is 0. The minimum absolute atomic E-state index is 0.178. The van der Waals surface area contributed by atoms with Crippen molar-refractivity contribution in [2.24, 2.45) is 5.73 Å². The molecule has 8 heteroatoms. The van der Waals surface area contributed by atoms with E-state index in [-0.39, 0.29) is 23.6 Å². The number of fused-ring (bicyclic) bond motifs is 1. The van der Waals surface area contributed by atoms with Crippen molar-refractivity contribution in [2.75, 3.05) is 7.11 Å². The lowest BCUT2D eigenvalue weighted by atomic mass is 10.2. The minimum atomic E-state index is -0.649. The van der Waals surface area contributed by atoms with Crippen molar-refractivity contribution >= 4 is 16.8 Å². The number of nitrogens with zero attached hydrogens (tertiary/aromatic N) is 3. The summed E-state index contributed by atoms with van der Waals surface area (Å²) in [7, 11) is 1.49. The van der Waals surface area contributed by atoms with E-state index in [0.29, 0.717) is 16.7 Å². The Kier molecular flexibility index (Phi) is 4.11. The molecule has 0 spiro atoms. The number of aromatic nitrogens is 3. The Bertz CT molecular complexity index is 968. The molecular weight excluding hydrogens is 312 g/mol. The van der Waals surface area contributed by atoms with Crippen molar-refractivity contribution in [3.8, 4) is 11.5 Å². The van der Waals surface area contributed by atoms with Crippen molar-refractivity contribution in [1.29, 1.82) is 0 Å². The van der Waals surface area contributed by atoms with Gasteiger partial charge in [0.25, 0.3) is 11.5 Å². The lowest BCUT2D eigenvalue weighted by molar-refractivity contribution is 0.0993. The summed E-state index contributed by atoms with van der Waals surface area (Å²) in [6.45, 7) is -0.218. The molecule has 1 aromatic heterocycles. The first-order valence-electron chi connectivity index (χ1n) is 7.03. The summed E-state index contributed by atoms with van der Waals surface area (Å²) in [5, 5.41) is 8.21. The van der Waals surface area contributed by atoms with Gasteiger partial charge in [-0.2, -0.15) is 4.68 Å². The predicted molar refractivity (Wildman–Crippen MR) is 85.9 cm³/mol. The van der Waals surface area contributed by atoms with Crippen LogP contribution in [0.1, 0.15) is 10.4 Å². The van der Waals surface area contributed by atoms with Crippen molar-refractivity contribution in [2.45, 2.75) is 6.73 Å². The van der Waals surface area contributed by atoms with Gasteiger partial charge in [-0.25, -0.2) is 0 Å². The average molecular weight is 326 g/mol. The van der Waals surface area contributed by atoms with Crippen LogP contribution in [0.25, 0.3) is 10.9 Å². The number of primary amides is 1. The van der Waals surface area contributed by atoms with E-state index >= 15 is 0 Å². The Morgan fingerprint density at radius 3 is 2.79 bits per heavy atom. The molecule has 0 unspecified atom stereocenters. The van der Waals surface area contributed by atoms with Crippen LogP contribution in [0.2, 0.25) is 0 Å². The number of methoxy groups -OCH3 is 1. The van der Waals surface area contributed by atoms with Gasteiger partial charge in [0.05, 0.1) is 18.1 Å². The smallest absolute Gasteiger partial charge is 0.280 e. The molecule has 0 saturated carbocycles. The fourth-order valence-corrected chi connectivity index (χ4v) is 2.19.